The molecule has 2 aliphatic rings. The summed E-state index contributed by atoms with van der Waals surface area (Å²) in [6, 6.07) is 8.52. The second-order valence-electron chi connectivity index (χ2n) is 8.92. The zero-order valence-electron chi connectivity index (χ0n) is 20.0. The molecule has 1 saturated carbocycles. The maximum absolute atomic E-state index is 12.2. The molecule has 7 nitrogen and oxygen atoms in total. The number of hydrogen-bond donors (Lipinski definition) is 3. The van der Waals surface area contributed by atoms with Gasteiger partial charge in [-0.05, 0) is 36.5 Å². The number of morpholine rings is 1. The van der Waals surface area contributed by atoms with Gasteiger partial charge in [0.15, 0.2) is 5.96 Å². The molecule has 0 spiro atoms. The molecule has 0 radical (unpaired) electrons. The molecule has 0 aromatic heterocycles. The highest BCUT2D eigenvalue weighted by Gasteiger charge is 2.27. The molecule has 1 heterocycles. The Kier molecular flexibility index (Phi) is 9.81. The van der Waals surface area contributed by atoms with Gasteiger partial charge in [0.2, 0.25) is 5.91 Å². The van der Waals surface area contributed by atoms with Crippen LogP contribution in [0.2, 0.25) is 0 Å². The van der Waals surface area contributed by atoms with Crippen LogP contribution in [0.5, 0.6) is 0 Å². The van der Waals surface area contributed by atoms with Crippen LogP contribution in [0.1, 0.15) is 51.5 Å². The summed E-state index contributed by atoms with van der Waals surface area (Å²) in [6.07, 6.45) is 5.53. The third-order valence-corrected chi connectivity index (χ3v) is 6.94. The Bertz CT molecular complexity index is 740. The van der Waals surface area contributed by atoms with Gasteiger partial charge in [0.25, 0.3) is 0 Å². The minimum atomic E-state index is 0.148. The maximum atomic E-state index is 12.2. The largest absolute Gasteiger partial charge is 0.379 e. The first-order chi connectivity index (χ1) is 15.6. The van der Waals surface area contributed by atoms with Gasteiger partial charge in [0, 0.05) is 50.9 Å². The molecule has 1 aliphatic carbocycles. The van der Waals surface area contributed by atoms with Gasteiger partial charge in [0.1, 0.15) is 0 Å². The number of guanidine groups is 1. The predicted octanol–water partition coefficient (Wildman–Crippen LogP) is 3.23. The highest BCUT2D eigenvalue weighted by molar-refractivity contribution is 5.93. The van der Waals surface area contributed by atoms with E-state index in [0.29, 0.717) is 18.5 Å². The van der Waals surface area contributed by atoms with Crippen LogP contribution < -0.4 is 16.0 Å². The Morgan fingerprint density at radius 2 is 1.94 bits per heavy atom. The molecule has 2 fully saturated rings. The third kappa shape index (κ3) is 6.94. The molecule has 1 amide bonds. The third-order valence-electron chi connectivity index (χ3n) is 6.94. The normalized spacial score (nSPS) is 18.8. The minimum absolute atomic E-state index is 0.148. The Hall–Kier alpha value is -2.12. The second-order valence-corrected chi connectivity index (χ2v) is 8.92. The molecular formula is C25H41N5O2. The molecule has 1 aromatic carbocycles. The lowest BCUT2D eigenvalue weighted by molar-refractivity contribution is -0.122. The molecule has 1 atom stereocenters. The molecule has 1 aromatic rings. The first kappa shape index (κ1) is 24.5. The van der Waals surface area contributed by atoms with E-state index in [2.05, 4.69) is 45.8 Å². The van der Waals surface area contributed by atoms with Crippen LogP contribution >= 0.6 is 0 Å². The monoisotopic (exact) mass is 443 g/mol. The number of amides is 1. The predicted molar refractivity (Wildman–Crippen MR) is 131 cm³/mol. The summed E-state index contributed by atoms with van der Waals surface area (Å²) >= 11 is 0. The van der Waals surface area contributed by atoms with Gasteiger partial charge in [-0.3, -0.25) is 14.7 Å². The number of carbonyl (C=O) groups is 1. The van der Waals surface area contributed by atoms with Crippen LogP contribution in [-0.2, 0) is 16.1 Å². The lowest BCUT2D eigenvalue weighted by atomic mass is 9.85. The molecule has 3 rings (SSSR count). The summed E-state index contributed by atoms with van der Waals surface area (Å²) in [5.74, 6) is 1.79. The van der Waals surface area contributed by atoms with Crippen molar-refractivity contribution in [2.24, 2.45) is 16.8 Å². The number of carbonyl (C=O) groups excluding carboxylic acids is 1. The molecular weight excluding hydrogens is 402 g/mol. The Morgan fingerprint density at radius 1 is 1.19 bits per heavy atom. The van der Waals surface area contributed by atoms with E-state index in [1.54, 1.807) is 0 Å². The number of nitrogens with one attached hydrogen (secondary N) is 3. The summed E-state index contributed by atoms with van der Waals surface area (Å²) in [5, 5.41) is 10.0. The van der Waals surface area contributed by atoms with Crippen LogP contribution in [0.4, 0.5) is 5.69 Å². The van der Waals surface area contributed by atoms with Gasteiger partial charge in [0.05, 0.1) is 13.2 Å². The van der Waals surface area contributed by atoms with Crippen molar-refractivity contribution in [2.45, 2.75) is 58.5 Å². The van der Waals surface area contributed by atoms with Crippen molar-refractivity contribution in [3.63, 3.8) is 0 Å². The summed E-state index contributed by atoms with van der Waals surface area (Å²) in [6.45, 7) is 9.71. The number of ether oxygens (including phenoxy) is 1. The molecule has 7 heteroatoms. The molecule has 3 N–H and O–H groups in total. The first-order valence-electron chi connectivity index (χ1n) is 12.3. The zero-order valence-corrected chi connectivity index (χ0v) is 20.0. The van der Waals surface area contributed by atoms with Crippen molar-refractivity contribution in [3.8, 4) is 0 Å². The van der Waals surface area contributed by atoms with Gasteiger partial charge < -0.3 is 20.7 Å². The first-order valence-corrected chi connectivity index (χ1v) is 12.3. The topological polar surface area (TPSA) is 78.0 Å². The van der Waals surface area contributed by atoms with Crippen molar-refractivity contribution >= 4 is 17.6 Å². The standard InChI is InChI=1S/C25H41N5O2/c1-4-20(5-2)23(30-12-14-32-15-13-30)18-28-25(26-3)27-17-19-8-6-11-22(16-19)29-24(31)21-9-7-10-21/h6,8,11,16,20-21,23H,4-5,7,9-10,12-15,17-18H2,1-3H3,(H,29,31)(H2,26,27,28). The van der Waals surface area contributed by atoms with Crippen molar-refractivity contribution in [1.29, 1.82) is 0 Å². The fraction of sp³-hybridized carbons (Fsp3) is 0.680. The maximum Gasteiger partial charge on any atom is 0.227 e. The van der Waals surface area contributed by atoms with E-state index in [1.165, 1.54) is 12.8 Å². The number of aliphatic imine (C=N–C) groups is 1. The van der Waals surface area contributed by atoms with Crippen LogP contribution in [-0.4, -0.2) is 62.7 Å². The molecule has 0 bridgehead atoms. The lowest BCUT2D eigenvalue weighted by Gasteiger charge is -2.39. The Labute approximate surface area is 193 Å². The van der Waals surface area contributed by atoms with Crippen molar-refractivity contribution in [1.82, 2.24) is 15.5 Å². The van der Waals surface area contributed by atoms with E-state index in [4.69, 9.17) is 4.74 Å². The Balaban J connectivity index is 1.52. The van der Waals surface area contributed by atoms with E-state index in [9.17, 15) is 4.79 Å². The summed E-state index contributed by atoms with van der Waals surface area (Å²) in [5.41, 5.74) is 1.98. The van der Waals surface area contributed by atoms with Gasteiger partial charge in [-0.15, -0.1) is 0 Å². The lowest BCUT2D eigenvalue weighted by Crippen LogP contribution is -2.53. The van der Waals surface area contributed by atoms with Crippen molar-refractivity contribution in [3.05, 3.63) is 29.8 Å². The van der Waals surface area contributed by atoms with E-state index in [-0.39, 0.29) is 11.8 Å². The van der Waals surface area contributed by atoms with Crippen LogP contribution in [0.25, 0.3) is 0 Å². The second kappa shape index (κ2) is 12.8. The SMILES string of the molecule is CCC(CC)C(CNC(=NC)NCc1cccc(NC(=O)C2CCC2)c1)N1CCOCC1. The van der Waals surface area contributed by atoms with Crippen LogP contribution in [0.3, 0.4) is 0 Å². The van der Waals surface area contributed by atoms with E-state index in [0.717, 1.165) is 69.3 Å². The number of nitrogens with zero attached hydrogens (tertiary/aromatic N) is 2. The molecule has 1 saturated heterocycles. The van der Waals surface area contributed by atoms with E-state index < -0.39 is 0 Å². The fourth-order valence-electron chi connectivity index (χ4n) is 4.62. The molecule has 1 aliphatic heterocycles. The number of anilines is 1. The van der Waals surface area contributed by atoms with E-state index >= 15 is 0 Å². The van der Waals surface area contributed by atoms with Gasteiger partial charge in [-0.25, -0.2) is 0 Å². The smallest absolute Gasteiger partial charge is 0.227 e. The molecule has 1 unspecified atom stereocenters. The number of hydrogen-bond acceptors (Lipinski definition) is 4. The number of benzene rings is 1. The average Bonchev–Trinajstić information content (AvgIpc) is 2.78. The van der Waals surface area contributed by atoms with Crippen LogP contribution in [0.15, 0.2) is 29.3 Å². The van der Waals surface area contributed by atoms with Crippen molar-refractivity contribution in [2.75, 3.05) is 45.2 Å². The van der Waals surface area contributed by atoms with Crippen LogP contribution in [0, 0.1) is 11.8 Å². The average molecular weight is 444 g/mol. The van der Waals surface area contributed by atoms with Crippen molar-refractivity contribution < 1.29 is 9.53 Å². The molecule has 32 heavy (non-hydrogen) atoms. The molecule has 178 valence electrons. The highest BCUT2D eigenvalue weighted by Crippen LogP contribution is 2.27. The minimum Gasteiger partial charge on any atom is -0.379 e. The summed E-state index contributed by atoms with van der Waals surface area (Å²) in [4.78, 5) is 19.2. The highest BCUT2D eigenvalue weighted by atomic mass is 16.5. The quantitative estimate of drug-likeness (QED) is 0.382. The van der Waals surface area contributed by atoms with Gasteiger partial charge in [-0.1, -0.05) is 45.2 Å². The fourth-order valence-corrected chi connectivity index (χ4v) is 4.62. The summed E-state index contributed by atoms with van der Waals surface area (Å²) in [7, 11) is 1.81. The number of rotatable bonds is 10. The van der Waals surface area contributed by atoms with Gasteiger partial charge in [-0.2, -0.15) is 0 Å². The summed E-state index contributed by atoms with van der Waals surface area (Å²) < 4.78 is 5.56. The Morgan fingerprint density at radius 3 is 2.56 bits per heavy atom. The zero-order chi connectivity index (χ0) is 22.8. The van der Waals surface area contributed by atoms with E-state index in [1.807, 2.05) is 25.2 Å². The van der Waals surface area contributed by atoms with Gasteiger partial charge >= 0.3 is 0 Å².